The van der Waals surface area contributed by atoms with Gasteiger partial charge in [-0.2, -0.15) is 5.26 Å². The highest BCUT2D eigenvalue weighted by Gasteiger charge is 2.21. The Morgan fingerprint density at radius 3 is 3.05 bits per heavy atom. The molecular formula is C14H13BrN2O3. The summed E-state index contributed by atoms with van der Waals surface area (Å²) in [6.45, 7) is 1.77. The van der Waals surface area contributed by atoms with E-state index in [1.54, 1.807) is 0 Å². The third-order valence-electron chi connectivity index (χ3n) is 2.94. The predicted molar refractivity (Wildman–Crippen MR) is 78.4 cm³/mol. The number of carboxylic acids is 1. The molecule has 5 nitrogen and oxygen atoms in total. The van der Waals surface area contributed by atoms with Gasteiger partial charge in [0.2, 0.25) is 0 Å². The summed E-state index contributed by atoms with van der Waals surface area (Å²) in [5.41, 5.74) is 1.77. The minimum absolute atomic E-state index is 0.415. The first-order chi connectivity index (χ1) is 9.60. The van der Waals surface area contributed by atoms with Gasteiger partial charge >= 0.3 is 5.97 Å². The highest BCUT2D eigenvalue weighted by Crippen LogP contribution is 2.29. The number of halogens is 1. The Morgan fingerprint density at radius 1 is 1.60 bits per heavy atom. The van der Waals surface area contributed by atoms with E-state index in [-0.39, 0.29) is 0 Å². The normalized spacial score (nSPS) is 19.0. The molecule has 0 aliphatic carbocycles. The molecule has 1 aliphatic rings. The zero-order valence-electron chi connectivity index (χ0n) is 10.6. The molecule has 6 heteroatoms. The molecular weight excluding hydrogens is 324 g/mol. The van der Waals surface area contributed by atoms with Crippen LogP contribution in [0.25, 0.3) is 6.08 Å². The molecule has 1 N–H and O–H groups in total. The van der Waals surface area contributed by atoms with E-state index < -0.39 is 12.1 Å². The molecule has 1 unspecified atom stereocenters. The lowest BCUT2D eigenvalue weighted by molar-refractivity contribution is -0.131. The van der Waals surface area contributed by atoms with Gasteiger partial charge in [-0.3, -0.25) is 0 Å². The molecule has 0 aromatic heterocycles. The molecule has 1 saturated heterocycles. The van der Waals surface area contributed by atoms with Crippen molar-refractivity contribution >= 4 is 33.7 Å². The number of rotatable bonds is 3. The Morgan fingerprint density at radius 2 is 2.40 bits per heavy atom. The second-order valence-electron chi connectivity index (χ2n) is 4.32. The lowest BCUT2D eigenvalue weighted by Crippen LogP contribution is -2.42. The number of carboxylic acid groups (broad SMARTS) is 1. The Bertz CT molecular complexity index is 580. The van der Waals surface area contributed by atoms with Gasteiger partial charge in [0, 0.05) is 17.1 Å². The van der Waals surface area contributed by atoms with Gasteiger partial charge in [-0.25, -0.2) is 4.79 Å². The second-order valence-corrected chi connectivity index (χ2v) is 5.17. The Kier molecular flexibility index (Phi) is 4.77. The monoisotopic (exact) mass is 336 g/mol. The summed E-state index contributed by atoms with van der Waals surface area (Å²) in [4.78, 5) is 12.6. The van der Waals surface area contributed by atoms with Crippen LogP contribution < -0.4 is 4.90 Å². The first-order valence-corrected chi connectivity index (χ1v) is 6.86. The van der Waals surface area contributed by atoms with Gasteiger partial charge in [-0.1, -0.05) is 6.07 Å². The van der Waals surface area contributed by atoms with Gasteiger partial charge in [0.15, 0.2) is 6.10 Å². The van der Waals surface area contributed by atoms with Crippen molar-refractivity contribution in [1.29, 1.82) is 5.26 Å². The molecule has 1 aromatic rings. The molecule has 2 rings (SSSR count). The van der Waals surface area contributed by atoms with Gasteiger partial charge in [-0.15, -0.1) is 0 Å². The summed E-state index contributed by atoms with van der Waals surface area (Å²) >= 11 is 3.48. The number of nitrogens with zero attached hydrogens (tertiary/aromatic N) is 2. The van der Waals surface area contributed by atoms with Crippen molar-refractivity contribution in [3.63, 3.8) is 0 Å². The summed E-state index contributed by atoms with van der Waals surface area (Å²) in [6, 6.07) is 7.72. The zero-order chi connectivity index (χ0) is 14.5. The van der Waals surface area contributed by atoms with E-state index in [2.05, 4.69) is 26.9 Å². The molecule has 1 aromatic carbocycles. The number of anilines is 1. The molecule has 0 saturated carbocycles. The van der Waals surface area contributed by atoms with Crippen LogP contribution in [0.3, 0.4) is 0 Å². The zero-order valence-corrected chi connectivity index (χ0v) is 12.2. The second kappa shape index (κ2) is 6.55. The molecule has 0 spiro atoms. The van der Waals surface area contributed by atoms with Crippen molar-refractivity contribution < 1.29 is 14.6 Å². The van der Waals surface area contributed by atoms with Crippen molar-refractivity contribution in [3.05, 3.63) is 34.3 Å². The van der Waals surface area contributed by atoms with Gasteiger partial charge < -0.3 is 14.7 Å². The number of carbonyl (C=O) groups is 1. The molecule has 0 amide bonds. The Balaban J connectivity index is 2.17. The van der Waals surface area contributed by atoms with Crippen LogP contribution in [-0.2, 0) is 9.53 Å². The topological polar surface area (TPSA) is 73.6 Å². The van der Waals surface area contributed by atoms with Crippen LogP contribution in [0.2, 0.25) is 0 Å². The minimum Gasteiger partial charge on any atom is -0.478 e. The van der Waals surface area contributed by atoms with E-state index in [4.69, 9.17) is 15.1 Å². The minimum atomic E-state index is -0.977. The lowest BCUT2D eigenvalue weighted by atomic mass is 10.1. The molecule has 1 atom stereocenters. The van der Waals surface area contributed by atoms with E-state index in [1.165, 1.54) is 6.08 Å². The van der Waals surface area contributed by atoms with Gasteiger partial charge in [0.1, 0.15) is 0 Å². The summed E-state index contributed by atoms with van der Waals surface area (Å²) in [5, 5.41) is 17.5. The summed E-state index contributed by atoms with van der Waals surface area (Å²) in [7, 11) is 0. The van der Waals surface area contributed by atoms with Gasteiger partial charge in [0.05, 0.1) is 24.9 Å². The van der Waals surface area contributed by atoms with Crippen LogP contribution in [0.15, 0.2) is 28.7 Å². The maximum atomic E-state index is 10.5. The van der Waals surface area contributed by atoms with Crippen LogP contribution in [0.5, 0.6) is 0 Å². The number of benzene rings is 1. The van der Waals surface area contributed by atoms with Gasteiger partial charge in [0.25, 0.3) is 0 Å². The van der Waals surface area contributed by atoms with E-state index >= 15 is 0 Å². The van der Waals surface area contributed by atoms with E-state index in [0.29, 0.717) is 13.2 Å². The fourth-order valence-electron chi connectivity index (χ4n) is 2.00. The Hall–Kier alpha value is -1.84. The average molecular weight is 337 g/mol. The summed E-state index contributed by atoms with van der Waals surface area (Å²) in [5.74, 6) is -0.977. The van der Waals surface area contributed by atoms with Gasteiger partial charge in [-0.05, 0) is 39.7 Å². The fourth-order valence-corrected chi connectivity index (χ4v) is 2.64. The molecule has 20 heavy (non-hydrogen) atoms. The molecule has 0 radical (unpaired) electrons. The fraction of sp³-hybridized carbons (Fsp3) is 0.286. The average Bonchev–Trinajstić information content (AvgIpc) is 2.45. The van der Waals surface area contributed by atoms with Crippen molar-refractivity contribution in [1.82, 2.24) is 0 Å². The Labute approximate surface area is 125 Å². The van der Waals surface area contributed by atoms with Crippen molar-refractivity contribution in [2.45, 2.75) is 6.10 Å². The van der Waals surface area contributed by atoms with E-state index in [0.717, 1.165) is 28.3 Å². The van der Waals surface area contributed by atoms with Crippen LogP contribution in [0.1, 0.15) is 5.56 Å². The maximum Gasteiger partial charge on any atom is 0.328 e. The molecule has 0 bridgehead atoms. The third-order valence-corrected chi connectivity index (χ3v) is 3.58. The SMILES string of the molecule is N#CC1CN(c2ccc(/C=C/C(=O)O)cc2Br)CCO1. The highest BCUT2D eigenvalue weighted by atomic mass is 79.9. The number of hydrogen-bond acceptors (Lipinski definition) is 4. The molecule has 1 fully saturated rings. The molecule has 1 aliphatic heterocycles. The highest BCUT2D eigenvalue weighted by molar-refractivity contribution is 9.10. The van der Waals surface area contributed by atoms with E-state index in [1.807, 2.05) is 18.2 Å². The summed E-state index contributed by atoms with van der Waals surface area (Å²) < 4.78 is 6.18. The third kappa shape index (κ3) is 3.59. The number of aliphatic carboxylic acids is 1. The molecule has 104 valence electrons. The number of hydrogen-bond donors (Lipinski definition) is 1. The molecule has 1 heterocycles. The predicted octanol–water partition coefficient (Wildman–Crippen LogP) is 2.28. The lowest BCUT2D eigenvalue weighted by Gasteiger charge is -2.32. The summed E-state index contributed by atoms with van der Waals surface area (Å²) in [6.07, 6.45) is 2.22. The van der Waals surface area contributed by atoms with Crippen molar-refractivity contribution in [2.75, 3.05) is 24.6 Å². The first kappa shape index (κ1) is 14.6. The number of ether oxygens (including phenoxy) is 1. The van der Waals surface area contributed by atoms with E-state index in [9.17, 15) is 4.79 Å². The van der Waals surface area contributed by atoms with Crippen LogP contribution in [-0.4, -0.2) is 36.9 Å². The smallest absolute Gasteiger partial charge is 0.328 e. The standard InChI is InChI=1S/C14H13BrN2O3/c15-12-7-10(2-4-14(18)19)1-3-13(12)17-5-6-20-11(8-16)9-17/h1-4,7,11H,5-6,9H2,(H,18,19)/b4-2+. The number of nitriles is 1. The quantitative estimate of drug-likeness (QED) is 0.857. The van der Waals surface area contributed by atoms with Crippen molar-refractivity contribution in [3.8, 4) is 6.07 Å². The maximum absolute atomic E-state index is 10.5. The van der Waals surface area contributed by atoms with Crippen LogP contribution >= 0.6 is 15.9 Å². The largest absolute Gasteiger partial charge is 0.478 e. The number of morpholine rings is 1. The van der Waals surface area contributed by atoms with Crippen molar-refractivity contribution in [2.24, 2.45) is 0 Å². The van der Waals surface area contributed by atoms with Crippen LogP contribution in [0, 0.1) is 11.3 Å². The van der Waals surface area contributed by atoms with Crippen LogP contribution in [0.4, 0.5) is 5.69 Å². The first-order valence-electron chi connectivity index (χ1n) is 6.07.